The van der Waals surface area contributed by atoms with Crippen molar-refractivity contribution in [2.75, 3.05) is 32.6 Å². The Morgan fingerprint density at radius 1 is 1.10 bits per heavy atom. The SMILES string of the molecule is COC(=O)/C=C1/SCC(=O)N1CCCOC(=O)CN1C(=O)C2CCCCC2C1=O. The van der Waals surface area contributed by atoms with Crippen LogP contribution >= 0.6 is 11.8 Å². The molecule has 0 spiro atoms. The molecule has 9 nitrogen and oxygen atoms in total. The third-order valence-electron chi connectivity index (χ3n) is 5.36. The number of carbonyl (C=O) groups is 5. The van der Waals surface area contributed by atoms with Crippen molar-refractivity contribution < 1.29 is 33.4 Å². The van der Waals surface area contributed by atoms with Crippen LogP contribution < -0.4 is 0 Å². The number of hydrogen-bond donors (Lipinski definition) is 0. The van der Waals surface area contributed by atoms with Gasteiger partial charge in [-0.1, -0.05) is 24.6 Å². The maximum absolute atomic E-state index is 12.4. The highest BCUT2D eigenvalue weighted by Crippen LogP contribution is 2.37. The lowest BCUT2D eigenvalue weighted by molar-refractivity contribution is -0.153. The predicted octanol–water partition coefficient (Wildman–Crippen LogP) is 0.685. The van der Waals surface area contributed by atoms with Crippen LogP contribution in [0.3, 0.4) is 0 Å². The van der Waals surface area contributed by atoms with E-state index in [9.17, 15) is 24.0 Å². The molecule has 3 amide bonds. The number of nitrogens with zero attached hydrogens (tertiary/aromatic N) is 2. The van der Waals surface area contributed by atoms with Gasteiger partial charge in [0.1, 0.15) is 6.54 Å². The molecule has 0 aromatic carbocycles. The molecule has 1 saturated carbocycles. The van der Waals surface area contributed by atoms with E-state index < -0.39 is 11.9 Å². The molecule has 29 heavy (non-hydrogen) atoms. The number of ether oxygens (including phenoxy) is 2. The van der Waals surface area contributed by atoms with Crippen LogP contribution in [0.15, 0.2) is 11.1 Å². The van der Waals surface area contributed by atoms with Gasteiger partial charge in [0.25, 0.3) is 0 Å². The summed E-state index contributed by atoms with van der Waals surface area (Å²) in [6.45, 7) is -0.0355. The topological polar surface area (TPSA) is 110 Å². The van der Waals surface area contributed by atoms with Crippen LogP contribution in [-0.4, -0.2) is 72.0 Å². The molecule has 2 atom stereocenters. The summed E-state index contributed by atoms with van der Waals surface area (Å²) in [5.74, 6) is -2.19. The molecule has 2 heterocycles. The highest BCUT2D eigenvalue weighted by atomic mass is 32.2. The van der Waals surface area contributed by atoms with Crippen molar-refractivity contribution in [1.29, 1.82) is 0 Å². The van der Waals surface area contributed by atoms with Gasteiger partial charge in [0.05, 0.1) is 42.4 Å². The third kappa shape index (κ3) is 4.80. The second-order valence-corrected chi connectivity index (χ2v) is 8.17. The standard InChI is InChI=1S/C19H24N2O7S/c1-27-16(23)9-15-20(14(22)11-29-15)7-4-8-28-17(24)10-21-18(25)12-5-2-3-6-13(12)19(21)26/h9,12-13H,2-8,10-11H2,1H3/b15-9+. The fourth-order valence-electron chi connectivity index (χ4n) is 3.90. The molecular weight excluding hydrogens is 400 g/mol. The molecule has 0 aromatic rings. The minimum Gasteiger partial charge on any atom is -0.466 e. The summed E-state index contributed by atoms with van der Waals surface area (Å²) in [6, 6.07) is 0. The number of methoxy groups -OCH3 is 1. The van der Waals surface area contributed by atoms with Gasteiger partial charge in [-0.15, -0.1) is 0 Å². The number of hydrogen-bond acceptors (Lipinski definition) is 8. The Kier molecular flexibility index (Phi) is 6.94. The van der Waals surface area contributed by atoms with Crippen LogP contribution in [0.4, 0.5) is 0 Å². The average Bonchev–Trinajstić information content (AvgIpc) is 3.18. The van der Waals surface area contributed by atoms with Gasteiger partial charge < -0.3 is 14.4 Å². The van der Waals surface area contributed by atoms with Gasteiger partial charge in [-0.05, 0) is 19.3 Å². The van der Waals surface area contributed by atoms with Crippen LogP contribution in [0.1, 0.15) is 32.1 Å². The highest BCUT2D eigenvalue weighted by Gasteiger charge is 2.48. The van der Waals surface area contributed by atoms with E-state index in [4.69, 9.17) is 4.74 Å². The van der Waals surface area contributed by atoms with Gasteiger partial charge in [-0.3, -0.25) is 24.1 Å². The second-order valence-electron chi connectivity index (χ2n) is 7.17. The van der Waals surface area contributed by atoms with E-state index in [0.717, 1.165) is 17.7 Å². The summed E-state index contributed by atoms with van der Waals surface area (Å²) in [5.41, 5.74) is 0. The van der Waals surface area contributed by atoms with E-state index >= 15 is 0 Å². The number of carbonyl (C=O) groups excluding carboxylic acids is 5. The highest BCUT2D eigenvalue weighted by molar-refractivity contribution is 8.04. The van der Waals surface area contributed by atoms with Crippen molar-refractivity contribution in [3.05, 3.63) is 11.1 Å². The molecule has 0 radical (unpaired) electrons. The average molecular weight is 424 g/mol. The molecule has 2 aliphatic heterocycles. The maximum atomic E-state index is 12.4. The maximum Gasteiger partial charge on any atom is 0.333 e. The minimum absolute atomic E-state index is 0.0435. The van der Waals surface area contributed by atoms with Gasteiger partial charge in [0.15, 0.2) is 0 Å². The predicted molar refractivity (Wildman–Crippen MR) is 102 cm³/mol. The lowest BCUT2D eigenvalue weighted by Crippen LogP contribution is -2.37. The quantitative estimate of drug-likeness (QED) is 0.254. The third-order valence-corrected chi connectivity index (χ3v) is 6.39. The number of esters is 2. The lowest BCUT2D eigenvalue weighted by atomic mass is 9.81. The zero-order chi connectivity index (χ0) is 21.0. The Morgan fingerprint density at radius 3 is 2.38 bits per heavy atom. The molecule has 158 valence electrons. The van der Waals surface area contributed by atoms with Gasteiger partial charge in [-0.2, -0.15) is 0 Å². The van der Waals surface area contributed by atoms with Gasteiger partial charge >= 0.3 is 11.9 Å². The fourth-order valence-corrected chi connectivity index (χ4v) is 4.85. The van der Waals surface area contributed by atoms with Gasteiger partial charge in [0.2, 0.25) is 17.7 Å². The minimum atomic E-state index is -0.641. The number of rotatable bonds is 7. The number of imide groups is 1. The number of likely N-dealkylation sites (tertiary alicyclic amines) is 1. The lowest BCUT2D eigenvalue weighted by Gasteiger charge is -2.19. The first kappa shape index (κ1) is 21.4. The number of fused-ring (bicyclic) bond motifs is 1. The van der Waals surface area contributed by atoms with E-state index in [2.05, 4.69) is 4.74 Å². The first-order valence-electron chi connectivity index (χ1n) is 9.66. The zero-order valence-corrected chi connectivity index (χ0v) is 17.1. The summed E-state index contributed by atoms with van der Waals surface area (Å²) in [7, 11) is 1.26. The van der Waals surface area contributed by atoms with E-state index in [1.54, 1.807) is 0 Å². The summed E-state index contributed by atoms with van der Waals surface area (Å²) in [4.78, 5) is 62.6. The normalized spacial score (nSPS) is 25.6. The van der Waals surface area contributed by atoms with Crippen LogP contribution in [0.2, 0.25) is 0 Å². The second kappa shape index (κ2) is 9.43. The smallest absolute Gasteiger partial charge is 0.333 e. The largest absolute Gasteiger partial charge is 0.466 e. The van der Waals surface area contributed by atoms with E-state index in [0.29, 0.717) is 24.3 Å². The molecule has 3 rings (SSSR count). The van der Waals surface area contributed by atoms with Crippen molar-refractivity contribution in [2.24, 2.45) is 11.8 Å². The summed E-state index contributed by atoms with van der Waals surface area (Å²) in [6.07, 6.45) is 4.88. The van der Waals surface area contributed by atoms with Crippen molar-refractivity contribution in [3.8, 4) is 0 Å². The van der Waals surface area contributed by atoms with Crippen molar-refractivity contribution in [2.45, 2.75) is 32.1 Å². The van der Waals surface area contributed by atoms with Gasteiger partial charge in [0, 0.05) is 6.54 Å². The molecule has 10 heteroatoms. The van der Waals surface area contributed by atoms with Gasteiger partial charge in [-0.25, -0.2) is 4.79 Å². The summed E-state index contributed by atoms with van der Waals surface area (Å²) in [5, 5.41) is 0.504. The van der Waals surface area contributed by atoms with Crippen molar-refractivity contribution in [1.82, 2.24) is 9.80 Å². The Labute approximate surface area is 172 Å². The number of thioether (sulfide) groups is 1. The molecule has 0 N–H and O–H groups in total. The van der Waals surface area contributed by atoms with Crippen LogP contribution in [0, 0.1) is 11.8 Å². The number of amides is 3. The molecule has 2 saturated heterocycles. The summed E-state index contributed by atoms with van der Waals surface area (Å²) >= 11 is 1.25. The molecule has 3 fully saturated rings. The molecule has 1 aliphatic carbocycles. The Bertz CT molecular complexity index is 727. The molecule has 0 aromatic heterocycles. The van der Waals surface area contributed by atoms with E-state index in [1.165, 1.54) is 29.8 Å². The van der Waals surface area contributed by atoms with Crippen LogP contribution in [0.5, 0.6) is 0 Å². The first-order valence-corrected chi connectivity index (χ1v) is 10.6. The molecule has 0 bridgehead atoms. The molecule has 3 aliphatic rings. The van der Waals surface area contributed by atoms with Crippen molar-refractivity contribution in [3.63, 3.8) is 0 Å². The monoisotopic (exact) mass is 424 g/mol. The molecule has 2 unspecified atom stereocenters. The zero-order valence-electron chi connectivity index (χ0n) is 16.3. The van der Waals surface area contributed by atoms with Crippen LogP contribution in [-0.2, 0) is 33.4 Å². The molecular formula is C19H24N2O7S. The Morgan fingerprint density at radius 2 is 1.76 bits per heavy atom. The van der Waals surface area contributed by atoms with Crippen molar-refractivity contribution >= 4 is 41.4 Å². The Hall–Kier alpha value is -2.36. The van der Waals surface area contributed by atoms with Crippen LogP contribution in [0.25, 0.3) is 0 Å². The van der Waals surface area contributed by atoms with E-state index in [1.807, 2.05) is 0 Å². The Balaban J connectivity index is 1.44. The van der Waals surface area contributed by atoms with E-state index in [-0.39, 0.29) is 55.0 Å². The first-order chi connectivity index (χ1) is 13.9. The fraction of sp³-hybridized carbons (Fsp3) is 0.632. The summed E-state index contributed by atoms with van der Waals surface area (Å²) < 4.78 is 9.72.